The Morgan fingerprint density at radius 1 is 1.16 bits per heavy atom. The van der Waals surface area contributed by atoms with Crippen LogP contribution in [0.25, 0.3) is 0 Å². The number of hydrogen-bond donors (Lipinski definition) is 0. The van der Waals surface area contributed by atoms with E-state index < -0.39 is 17.5 Å². The van der Waals surface area contributed by atoms with Crippen LogP contribution in [-0.2, 0) is 25.7 Å². The maximum atomic E-state index is 12.7. The van der Waals surface area contributed by atoms with Crippen molar-refractivity contribution in [1.82, 2.24) is 0 Å². The van der Waals surface area contributed by atoms with E-state index in [0.717, 1.165) is 31.2 Å². The molecule has 1 aromatic carbocycles. The fourth-order valence-corrected chi connectivity index (χ4v) is 3.22. The van der Waals surface area contributed by atoms with Crippen LogP contribution in [0.2, 0.25) is 0 Å². The second-order valence-electron chi connectivity index (χ2n) is 7.64. The van der Waals surface area contributed by atoms with Gasteiger partial charge in [-0.2, -0.15) is 0 Å². The van der Waals surface area contributed by atoms with Crippen molar-refractivity contribution >= 4 is 11.9 Å². The minimum Gasteiger partial charge on any atom is -0.459 e. The van der Waals surface area contributed by atoms with E-state index in [1.807, 2.05) is 51.1 Å². The summed E-state index contributed by atoms with van der Waals surface area (Å²) < 4.78 is 10.9. The highest BCUT2D eigenvalue weighted by molar-refractivity contribution is 5.95. The Kier molecular flexibility index (Phi) is 6.40. The lowest BCUT2D eigenvalue weighted by atomic mass is 9.85. The highest BCUT2D eigenvalue weighted by Crippen LogP contribution is 2.36. The summed E-state index contributed by atoms with van der Waals surface area (Å²) in [4.78, 5) is 25.1. The smallest absolute Gasteiger partial charge is 0.334 e. The van der Waals surface area contributed by atoms with Gasteiger partial charge < -0.3 is 9.47 Å². The van der Waals surface area contributed by atoms with Crippen molar-refractivity contribution in [3.8, 4) is 0 Å². The van der Waals surface area contributed by atoms with Crippen molar-refractivity contribution in [3.63, 3.8) is 0 Å². The van der Waals surface area contributed by atoms with E-state index in [1.165, 1.54) is 0 Å². The zero-order chi connectivity index (χ0) is 18.4. The van der Waals surface area contributed by atoms with Crippen LogP contribution >= 0.6 is 0 Å². The van der Waals surface area contributed by atoms with Crippen LogP contribution in [0, 0.1) is 11.8 Å². The average molecular weight is 344 g/mol. The predicted octanol–water partition coefficient (Wildman–Crippen LogP) is 4.43. The summed E-state index contributed by atoms with van der Waals surface area (Å²) in [7, 11) is 0. The first kappa shape index (κ1) is 19.2. The molecular weight excluding hydrogens is 316 g/mol. The number of esters is 2. The van der Waals surface area contributed by atoms with Gasteiger partial charge in [-0.25, -0.2) is 4.79 Å². The third-order valence-electron chi connectivity index (χ3n) is 4.38. The molecule has 25 heavy (non-hydrogen) atoms. The van der Waals surface area contributed by atoms with Gasteiger partial charge in [0.1, 0.15) is 12.2 Å². The van der Waals surface area contributed by atoms with Crippen molar-refractivity contribution < 1.29 is 19.1 Å². The fourth-order valence-electron chi connectivity index (χ4n) is 3.22. The molecule has 0 N–H and O–H groups in total. The lowest BCUT2D eigenvalue weighted by Gasteiger charge is -2.27. The minimum atomic E-state index is -0.620. The number of hydrogen-bond acceptors (Lipinski definition) is 4. The van der Waals surface area contributed by atoms with Gasteiger partial charge in [-0.1, -0.05) is 49.8 Å². The Morgan fingerprint density at radius 2 is 1.76 bits per heavy atom. The Hall–Kier alpha value is -2.10. The van der Waals surface area contributed by atoms with Gasteiger partial charge in [0, 0.05) is 5.57 Å². The van der Waals surface area contributed by atoms with Gasteiger partial charge in [0.05, 0.1) is 5.92 Å². The average Bonchev–Trinajstić information content (AvgIpc) is 3.06. The van der Waals surface area contributed by atoms with E-state index in [9.17, 15) is 9.59 Å². The van der Waals surface area contributed by atoms with Gasteiger partial charge in [-0.3, -0.25) is 4.79 Å². The molecule has 0 amide bonds. The van der Waals surface area contributed by atoms with Crippen LogP contribution in [0.5, 0.6) is 0 Å². The molecule has 1 aliphatic carbocycles. The molecule has 136 valence electrons. The molecular formula is C21H28O4. The zero-order valence-corrected chi connectivity index (χ0v) is 15.4. The summed E-state index contributed by atoms with van der Waals surface area (Å²) in [5.41, 5.74) is 0.512. The third kappa shape index (κ3) is 5.73. The van der Waals surface area contributed by atoms with Gasteiger partial charge in [0.25, 0.3) is 0 Å². The van der Waals surface area contributed by atoms with E-state index >= 15 is 0 Å². The lowest BCUT2D eigenvalue weighted by molar-refractivity contribution is -0.162. The molecule has 2 rings (SSSR count). The highest BCUT2D eigenvalue weighted by Gasteiger charge is 2.38. The molecule has 0 bridgehead atoms. The van der Waals surface area contributed by atoms with Crippen molar-refractivity contribution in [2.24, 2.45) is 11.8 Å². The molecule has 0 unspecified atom stereocenters. The number of benzene rings is 1. The second kappa shape index (κ2) is 8.32. The summed E-state index contributed by atoms with van der Waals surface area (Å²) in [5.74, 6) is -1.41. The second-order valence-corrected chi connectivity index (χ2v) is 7.64. The van der Waals surface area contributed by atoms with Gasteiger partial charge in [-0.05, 0) is 45.1 Å². The first-order chi connectivity index (χ1) is 11.8. The number of rotatable bonds is 6. The van der Waals surface area contributed by atoms with E-state index in [-0.39, 0.29) is 24.1 Å². The molecule has 1 aromatic rings. The van der Waals surface area contributed by atoms with E-state index in [0.29, 0.717) is 0 Å². The Labute approximate surface area is 150 Å². The number of carbonyl (C=O) groups excluding carboxylic acids is 2. The van der Waals surface area contributed by atoms with Crippen LogP contribution in [0.4, 0.5) is 0 Å². The van der Waals surface area contributed by atoms with Crippen molar-refractivity contribution in [3.05, 3.63) is 48.0 Å². The third-order valence-corrected chi connectivity index (χ3v) is 4.38. The van der Waals surface area contributed by atoms with Crippen molar-refractivity contribution in [2.75, 3.05) is 0 Å². The van der Waals surface area contributed by atoms with E-state index in [2.05, 4.69) is 6.58 Å². The summed E-state index contributed by atoms with van der Waals surface area (Å²) in [6.07, 6.45) is 3.95. The topological polar surface area (TPSA) is 52.6 Å². The Bertz CT molecular complexity index is 607. The number of carbonyl (C=O) groups is 2. The Morgan fingerprint density at radius 3 is 2.32 bits per heavy atom. The van der Waals surface area contributed by atoms with Gasteiger partial charge in [0.2, 0.25) is 0 Å². The first-order valence-corrected chi connectivity index (χ1v) is 8.90. The maximum Gasteiger partial charge on any atom is 0.334 e. The van der Waals surface area contributed by atoms with Crippen LogP contribution in [-0.4, -0.2) is 17.5 Å². The highest BCUT2D eigenvalue weighted by atomic mass is 16.6. The molecule has 4 nitrogen and oxygen atoms in total. The van der Waals surface area contributed by atoms with Crippen LogP contribution in [0.1, 0.15) is 52.0 Å². The summed E-state index contributed by atoms with van der Waals surface area (Å²) in [5, 5.41) is 0. The van der Waals surface area contributed by atoms with Gasteiger partial charge in [-0.15, -0.1) is 0 Å². The molecule has 1 atom stereocenters. The van der Waals surface area contributed by atoms with Gasteiger partial charge in [0.15, 0.2) is 0 Å². The van der Waals surface area contributed by atoms with Crippen molar-refractivity contribution in [1.29, 1.82) is 0 Å². The van der Waals surface area contributed by atoms with Gasteiger partial charge >= 0.3 is 11.9 Å². The summed E-state index contributed by atoms with van der Waals surface area (Å²) in [6, 6.07) is 9.46. The van der Waals surface area contributed by atoms with Crippen molar-refractivity contribution in [2.45, 2.75) is 58.7 Å². The molecule has 1 aliphatic rings. The Balaban J connectivity index is 2.05. The molecule has 0 aliphatic heterocycles. The normalized spacial score (nSPS) is 16.3. The van der Waals surface area contributed by atoms with Crippen LogP contribution in [0.3, 0.4) is 0 Å². The molecule has 0 aromatic heterocycles. The van der Waals surface area contributed by atoms with E-state index in [4.69, 9.17) is 9.47 Å². The molecule has 1 fully saturated rings. The molecule has 0 saturated heterocycles. The number of ether oxygens (including phenoxy) is 2. The lowest BCUT2D eigenvalue weighted by Crippen LogP contribution is -2.34. The SMILES string of the molecule is C=C(C(=O)OCc1ccccc1)[C@H](C(=O)OC(C)(C)C)C1CCCC1. The summed E-state index contributed by atoms with van der Waals surface area (Å²) >= 11 is 0. The quantitative estimate of drug-likeness (QED) is 0.566. The van der Waals surface area contributed by atoms with Crippen LogP contribution < -0.4 is 0 Å². The molecule has 1 saturated carbocycles. The maximum absolute atomic E-state index is 12.7. The minimum absolute atomic E-state index is 0.103. The molecule has 0 spiro atoms. The largest absolute Gasteiger partial charge is 0.459 e. The first-order valence-electron chi connectivity index (χ1n) is 8.90. The molecule has 0 heterocycles. The van der Waals surface area contributed by atoms with Crippen LogP contribution in [0.15, 0.2) is 42.5 Å². The fraction of sp³-hybridized carbons (Fsp3) is 0.524. The summed E-state index contributed by atoms with van der Waals surface area (Å²) in [6.45, 7) is 9.54. The molecule has 4 heteroatoms. The standard InChI is InChI=1S/C21H28O4/c1-15(19(22)24-14-16-10-6-5-7-11-16)18(17-12-8-9-13-17)20(23)25-21(2,3)4/h5-7,10-11,17-18H,1,8-9,12-14H2,2-4H3/t18-/m0/s1. The molecule has 0 radical (unpaired) electrons. The zero-order valence-electron chi connectivity index (χ0n) is 15.4. The monoisotopic (exact) mass is 344 g/mol. The van der Waals surface area contributed by atoms with E-state index in [1.54, 1.807) is 0 Å². The predicted molar refractivity (Wildman–Crippen MR) is 96.7 cm³/mol.